The lowest BCUT2D eigenvalue weighted by Crippen LogP contribution is -2.49. The molecule has 2 fully saturated rings. The molecule has 7 nitrogen and oxygen atoms in total. The highest BCUT2D eigenvalue weighted by molar-refractivity contribution is 7.89. The standard InChI is InChI=1S/C16H15ClF3N3O4S2/c17-10-7-9(16(18,19)20)8-21-14(10)22-2-4-23(5-3-22)29(25,26)11-1-6-28-13(11)12-15(24)27-12/h1,6-8,12,15,24H,2-5H2/t12?,15-/m1/s1. The van der Waals surface area contributed by atoms with Crippen LogP contribution in [0.25, 0.3) is 0 Å². The van der Waals surface area contributed by atoms with E-state index in [4.69, 9.17) is 16.3 Å². The highest BCUT2D eigenvalue weighted by Crippen LogP contribution is 2.43. The van der Waals surface area contributed by atoms with Crippen molar-refractivity contribution in [3.05, 3.63) is 39.2 Å². The molecule has 2 aliphatic rings. The number of aliphatic hydroxyl groups is 1. The zero-order valence-corrected chi connectivity index (χ0v) is 17.0. The van der Waals surface area contributed by atoms with Gasteiger partial charge < -0.3 is 14.7 Å². The van der Waals surface area contributed by atoms with Gasteiger partial charge in [-0.15, -0.1) is 11.3 Å². The van der Waals surface area contributed by atoms with Crippen LogP contribution in [0.5, 0.6) is 0 Å². The molecule has 2 aromatic rings. The molecule has 0 amide bonds. The number of alkyl halides is 3. The summed E-state index contributed by atoms with van der Waals surface area (Å²) in [6, 6.07) is 2.29. The van der Waals surface area contributed by atoms with Crippen LogP contribution in [-0.4, -0.2) is 55.3 Å². The lowest BCUT2D eigenvalue weighted by molar-refractivity contribution is -0.137. The van der Waals surface area contributed by atoms with Crippen LogP contribution in [-0.2, 0) is 20.9 Å². The van der Waals surface area contributed by atoms with E-state index in [1.165, 1.54) is 21.7 Å². The maximum Gasteiger partial charge on any atom is 0.417 e. The lowest BCUT2D eigenvalue weighted by atomic mass is 10.2. The lowest BCUT2D eigenvalue weighted by Gasteiger charge is -2.35. The number of epoxide rings is 1. The zero-order chi connectivity index (χ0) is 21.0. The fraction of sp³-hybridized carbons (Fsp3) is 0.438. The van der Waals surface area contributed by atoms with Crippen LogP contribution in [0.3, 0.4) is 0 Å². The second-order valence-electron chi connectivity index (χ2n) is 6.51. The van der Waals surface area contributed by atoms with Gasteiger partial charge in [-0.3, -0.25) is 0 Å². The average Bonchev–Trinajstić information content (AvgIpc) is 3.17. The number of anilines is 1. The van der Waals surface area contributed by atoms with E-state index in [-0.39, 0.29) is 41.9 Å². The SMILES string of the molecule is O=S(=O)(c1ccsc1C1O[C@H]1O)N1CCN(c2ncc(C(F)(F)F)cc2Cl)CC1. The first kappa shape index (κ1) is 20.8. The Morgan fingerprint density at radius 2 is 1.93 bits per heavy atom. The van der Waals surface area contributed by atoms with Gasteiger partial charge in [0, 0.05) is 32.4 Å². The zero-order valence-electron chi connectivity index (χ0n) is 14.6. The van der Waals surface area contributed by atoms with Crippen molar-refractivity contribution in [3.8, 4) is 0 Å². The molecule has 0 aromatic carbocycles. The summed E-state index contributed by atoms with van der Waals surface area (Å²) in [7, 11) is -3.80. The van der Waals surface area contributed by atoms with Gasteiger partial charge in [0.1, 0.15) is 11.9 Å². The first-order valence-corrected chi connectivity index (χ1v) is 11.2. The van der Waals surface area contributed by atoms with Gasteiger partial charge >= 0.3 is 6.18 Å². The first-order valence-electron chi connectivity index (χ1n) is 8.48. The number of thiophene rings is 1. The Kier molecular flexibility index (Phi) is 5.28. The molecule has 2 aliphatic heterocycles. The van der Waals surface area contributed by atoms with Crippen molar-refractivity contribution in [2.45, 2.75) is 23.5 Å². The van der Waals surface area contributed by atoms with Crippen LogP contribution >= 0.6 is 22.9 Å². The fourth-order valence-electron chi connectivity index (χ4n) is 3.12. The number of halogens is 4. The largest absolute Gasteiger partial charge is 0.417 e. The molecular weight excluding hydrogens is 455 g/mol. The third kappa shape index (κ3) is 3.97. The smallest absolute Gasteiger partial charge is 0.365 e. The van der Waals surface area contributed by atoms with Gasteiger partial charge in [-0.1, -0.05) is 11.6 Å². The normalized spacial score (nSPS) is 23.4. The van der Waals surface area contributed by atoms with Gasteiger partial charge in [-0.2, -0.15) is 17.5 Å². The summed E-state index contributed by atoms with van der Waals surface area (Å²) in [6.07, 6.45) is -5.45. The average molecular weight is 470 g/mol. The molecule has 0 bridgehead atoms. The van der Waals surface area contributed by atoms with Gasteiger partial charge in [0.15, 0.2) is 6.29 Å². The maximum atomic E-state index is 13.0. The number of ether oxygens (including phenoxy) is 1. The predicted octanol–water partition coefficient (Wildman–Crippen LogP) is 2.72. The van der Waals surface area contributed by atoms with E-state index in [2.05, 4.69) is 4.98 Å². The van der Waals surface area contributed by atoms with Crippen molar-refractivity contribution < 1.29 is 31.4 Å². The van der Waals surface area contributed by atoms with Crippen molar-refractivity contribution in [1.82, 2.24) is 9.29 Å². The minimum Gasteiger partial charge on any atom is -0.365 e. The molecule has 13 heteroatoms. The minimum atomic E-state index is -4.54. The Morgan fingerprint density at radius 3 is 2.48 bits per heavy atom. The number of nitrogens with zero attached hydrogens (tertiary/aromatic N) is 3. The second kappa shape index (κ2) is 7.36. The quantitative estimate of drug-likeness (QED) is 0.693. The summed E-state index contributed by atoms with van der Waals surface area (Å²) in [5.74, 6) is 0.183. The number of hydrogen-bond donors (Lipinski definition) is 1. The Hall–Kier alpha value is -1.44. The third-order valence-corrected chi connectivity index (χ3v) is 8.03. The van der Waals surface area contributed by atoms with Gasteiger partial charge in [0.2, 0.25) is 10.0 Å². The molecule has 4 heterocycles. The van der Waals surface area contributed by atoms with Crippen molar-refractivity contribution in [1.29, 1.82) is 0 Å². The molecule has 0 radical (unpaired) electrons. The van der Waals surface area contributed by atoms with Crippen LogP contribution in [0, 0.1) is 0 Å². The fourth-order valence-corrected chi connectivity index (χ4v) is 6.33. The van der Waals surface area contributed by atoms with Crippen molar-refractivity contribution in [2.75, 3.05) is 31.1 Å². The summed E-state index contributed by atoms with van der Waals surface area (Å²) in [6.45, 7) is 0.675. The predicted molar refractivity (Wildman–Crippen MR) is 99.4 cm³/mol. The van der Waals surface area contributed by atoms with Crippen LogP contribution in [0.1, 0.15) is 16.5 Å². The Balaban J connectivity index is 1.48. The van der Waals surface area contributed by atoms with Crippen molar-refractivity contribution in [2.24, 2.45) is 0 Å². The van der Waals surface area contributed by atoms with Gasteiger partial charge in [-0.25, -0.2) is 13.4 Å². The molecule has 0 saturated carbocycles. The van der Waals surface area contributed by atoms with Crippen LogP contribution in [0.4, 0.5) is 19.0 Å². The molecule has 0 spiro atoms. The summed E-state index contributed by atoms with van der Waals surface area (Å²) in [4.78, 5) is 6.02. The number of aromatic nitrogens is 1. The Morgan fingerprint density at radius 1 is 1.28 bits per heavy atom. The van der Waals surface area contributed by atoms with E-state index in [9.17, 15) is 26.7 Å². The summed E-state index contributed by atoms with van der Waals surface area (Å²) >= 11 is 7.18. The molecule has 1 N–H and O–H groups in total. The Labute approximate surface area is 173 Å². The van der Waals surface area contributed by atoms with E-state index in [0.29, 0.717) is 11.1 Å². The number of pyridine rings is 1. The molecule has 0 aliphatic carbocycles. The highest BCUT2D eigenvalue weighted by atomic mass is 35.5. The van der Waals surface area contributed by atoms with E-state index >= 15 is 0 Å². The molecule has 158 valence electrons. The third-order valence-electron chi connectivity index (χ3n) is 4.69. The molecule has 4 rings (SSSR count). The topological polar surface area (TPSA) is 86.3 Å². The van der Waals surface area contributed by atoms with Crippen molar-refractivity contribution >= 4 is 38.8 Å². The molecule has 2 saturated heterocycles. The summed E-state index contributed by atoms with van der Waals surface area (Å²) < 4.78 is 70.5. The molecule has 2 atom stereocenters. The number of rotatable bonds is 4. The summed E-state index contributed by atoms with van der Waals surface area (Å²) in [5.41, 5.74) is -0.943. The van der Waals surface area contributed by atoms with Gasteiger partial charge in [-0.05, 0) is 17.5 Å². The first-order chi connectivity index (χ1) is 13.6. The number of aliphatic hydroxyl groups excluding tert-OH is 1. The van der Waals surface area contributed by atoms with E-state index in [1.54, 1.807) is 10.3 Å². The molecular formula is C16H15ClF3N3O4S2. The van der Waals surface area contributed by atoms with E-state index in [0.717, 1.165) is 6.07 Å². The minimum absolute atomic E-state index is 0.100. The maximum absolute atomic E-state index is 13.0. The van der Waals surface area contributed by atoms with Crippen LogP contribution in [0.2, 0.25) is 5.02 Å². The second-order valence-corrected chi connectivity index (χ2v) is 9.78. The van der Waals surface area contributed by atoms with Gasteiger partial charge in [0.25, 0.3) is 0 Å². The van der Waals surface area contributed by atoms with E-state index in [1.807, 2.05) is 0 Å². The molecule has 29 heavy (non-hydrogen) atoms. The summed E-state index contributed by atoms with van der Waals surface area (Å²) in [5, 5.41) is 10.9. The molecule has 1 unspecified atom stereocenters. The van der Waals surface area contributed by atoms with Crippen LogP contribution < -0.4 is 4.90 Å². The highest BCUT2D eigenvalue weighted by Gasteiger charge is 2.44. The number of sulfonamides is 1. The van der Waals surface area contributed by atoms with E-state index < -0.39 is 34.2 Å². The van der Waals surface area contributed by atoms with Gasteiger partial charge in [0.05, 0.1) is 20.4 Å². The van der Waals surface area contributed by atoms with Crippen molar-refractivity contribution in [3.63, 3.8) is 0 Å². The van der Waals surface area contributed by atoms with Crippen LogP contribution in [0.15, 0.2) is 28.6 Å². The monoisotopic (exact) mass is 469 g/mol. The Bertz CT molecular complexity index is 1020. The number of hydrogen-bond acceptors (Lipinski definition) is 7. The molecule has 2 aromatic heterocycles. The number of piperazine rings is 1.